The van der Waals surface area contributed by atoms with Crippen molar-refractivity contribution in [3.8, 4) is 0 Å². The molecule has 8 heteroatoms. The molecule has 8 nitrogen and oxygen atoms in total. The summed E-state index contributed by atoms with van der Waals surface area (Å²) >= 11 is 0. The van der Waals surface area contributed by atoms with Gasteiger partial charge in [-0.2, -0.15) is 10.1 Å². The third kappa shape index (κ3) is 3.64. The second-order valence-corrected chi connectivity index (χ2v) is 6.64. The van der Waals surface area contributed by atoms with Crippen LogP contribution in [-0.2, 0) is 17.8 Å². The monoisotopic (exact) mass is 333 g/mol. The van der Waals surface area contributed by atoms with Crippen LogP contribution in [-0.4, -0.2) is 54.5 Å². The quantitative estimate of drug-likeness (QED) is 0.888. The standard InChI is InChI=1S/C16H23N5O3/c1-11-7-12(2)21(18-11)9-15(22)20-6-4-5-16(23,10-20)8-14-17-13(3)19-24-14/h7,23H,4-6,8-10H2,1-3H3. The summed E-state index contributed by atoms with van der Waals surface area (Å²) in [5.74, 6) is 0.908. The van der Waals surface area contributed by atoms with Gasteiger partial charge in [0.1, 0.15) is 6.54 Å². The highest BCUT2D eigenvalue weighted by molar-refractivity contribution is 5.76. The summed E-state index contributed by atoms with van der Waals surface area (Å²) in [7, 11) is 0. The normalized spacial score (nSPS) is 21.2. The summed E-state index contributed by atoms with van der Waals surface area (Å²) in [6, 6.07) is 1.94. The number of hydrogen-bond donors (Lipinski definition) is 1. The number of carbonyl (C=O) groups is 1. The number of rotatable bonds is 4. The fraction of sp³-hybridized carbons (Fsp3) is 0.625. The van der Waals surface area contributed by atoms with E-state index in [1.165, 1.54) is 0 Å². The third-order valence-corrected chi connectivity index (χ3v) is 4.35. The summed E-state index contributed by atoms with van der Waals surface area (Å²) in [6.07, 6.45) is 1.61. The summed E-state index contributed by atoms with van der Waals surface area (Å²) in [5.41, 5.74) is 0.818. The van der Waals surface area contributed by atoms with Crippen molar-refractivity contribution in [2.24, 2.45) is 0 Å². The lowest BCUT2D eigenvalue weighted by atomic mass is 9.89. The molecule has 2 aromatic heterocycles. The minimum Gasteiger partial charge on any atom is -0.388 e. The number of amides is 1. The molecule has 24 heavy (non-hydrogen) atoms. The zero-order valence-electron chi connectivity index (χ0n) is 14.3. The van der Waals surface area contributed by atoms with Gasteiger partial charge >= 0.3 is 0 Å². The van der Waals surface area contributed by atoms with Gasteiger partial charge in [0.25, 0.3) is 0 Å². The van der Waals surface area contributed by atoms with Crippen LogP contribution in [0.4, 0.5) is 0 Å². The molecular formula is C16H23N5O3. The number of likely N-dealkylation sites (tertiary alicyclic amines) is 1. The fourth-order valence-corrected chi connectivity index (χ4v) is 3.23. The van der Waals surface area contributed by atoms with Gasteiger partial charge in [-0.3, -0.25) is 9.48 Å². The molecule has 0 spiro atoms. The second-order valence-electron chi connectivity index (χ2n) is 6.64. The lowest BCUT2D eigenvalue weighted by molar-refractivity contribution is -0.139. The topological polar surface area (TPSA) is 97.3 Å². The van der Waals surface area contributed by atoms with E-state index in [0.717, 1.165) is 17.8 Å². The molecule has 3 rings (SSSR count). The molecule has 2 aromatic rings. The predicted octanol–water partition coefficient (Wildman–Crippen LogP) is 0.788. The number of carbonyl (C=O) groups excluding carboxylic acids is 1. The first-order valence-electron chi connectivity index (χ1n) is 8.15. The number of aromatic nitrogens is 4. The molecule has 130 valence electrons. The van der Waals surface area contributed by atoms with Crippen LogP contribution in [0.1, 0.15) is 35.9 Å². The van der Waals surface area contributed by atoms with Crippen molar-refractivity contribution in [2.45, 2.75) is 52.2 Å². The number of nitrogens with zero attached hydrogens (tertiary/aromatic N) is 5. The van der Waals surface area contributed by atoms with Gasteiger partial charge in [-0.05, 0) is 39.7 Å². The minimum atomic E-state index is -1.03. The molecule has 1 aliphatic heterocycles. The molecule has 3 heterocycles. The Kier molecular flexibility index (Phi) is 4.40. The summed E-state index contributed by atoms with van der Waals surface area (Å²) in [5, 5.41) is 18.9. The van der Waals surface area contributed by atoms with Gasteiger partial charge < -0.3 is 14.5 Å². The largest absolute Gasteiger partial charge is 0.388 e. The molecule has 0 radical (unpaired) electrons. The van der Waals surface area contributed by atoms with E-state index >= 15 is 0 Å². The van der Waals surface area contributed by atoms with E-state index < -0.39 is 5.60 Å². The molecule has 0 aliphatic carbocycles. The predicted molar refractivity (Wildman–Crippen MR) is 85.2 cm³/mol. The van der Waals surface area contributed by atoms with Crippen molar-refractivity contribution >= 4 is 5.91 Å². The van der Waals surface area contributed by atoms with Gasteiger partial charge in [0.15, 0.2) is 5.82 Å². The van der Waals surface area contributed by atoms with Crippen molar-refractivity contribution in [3.63, 3.8) is 0 Å². The van der Waals surface area contributed by atoms with Gasteiger partial charge in [-0.15, -0.1) is 0 Å². The Labute approximate surface area is 140 Å². The number of aliphatic hydroxyl groups is 1. The molecule has 1 saturated heterocycles. The second kappa shape index (κ2) is 6.35. The van der Waals surface area contributed by atoms with E-state index in [0.29, 0.717) is 24.7 Å². The third-order valence-electron chi connectivity index (χ3n) is 4.35. The molecule has 0 bridgehead atoms. The molecule has 1 N–H and O–H groups in total. The highest BCUT2D eigenvalue weighted by Crippen LogP contribution is 2.25. The van der Waals surface area contributed by atoms with Gasteiger partial charge in [-0.25, -0.2) is 0 Å². The Bertz CT molecular complexity index is 738. The first kappa shape index (κ1) is 16.6. The highest BCUT2D eigenvalue weighted by Gasteiger charge is 2.37. The van der Waals surface area contributed by atoms with E-state index in [2.05, 4.69) is 15.2 Å². The lowest BCUT2D eigenvalue weighted by Crippen LogP contribution is -2.52. The minimum absolute atomic E-state index is 0.0407. The van der Waals surface area contributed by atoms with Crippen LogP contribution in [0.3, 0.4) is 0 Å². The highest BCUT2D eigenvalue weighted by atomic mass is 16.5. The first-order chi connectivity index (χ1) is 11.3. The van der Waals surface area contributed by atoms with Crippen LogP contribution >= 0.6 is 0 Å². The smallest absolute Gasteiger partial charge is 0.244 e. The van der Waals surface area contributed by atoms with Crippen LogP contribution in [0.5, 0.6) is 0 Å². The van der Waals surface area contributed by atoms with Crippen molar-refractivity contribution in [2.75, 3.05) is 13.1 Å². The Hall–Kier alpha value is -2.22. The van der Waals surface area contributed by atoms with Crippen LogP contribution in [0.2, 0.25) is 0 Å². The van der Waals surface area contributed by atoms with E-state index in [-0.39, 0.29) is 25.4 Å². The number of aryl methyl sites for hydroxylation is 3. The summed E-state index contributed by atoms with van der Waals surface area (Å²) < 4.78 is 6.80. The zero-order chi connectivity index (χ0) is 17.3. The average molecular weight is 333 g/mol. The van der Waals surface area contributed by atoms with E-state index in [1.807, 2.05) is 19.9 Å². The molecule has 1 aliphatic rings. The van der Waals surface area contributed by atoms with E-state index in [4.69, 9.17) is 4.52 Å². The molecule has 1 amide bonds. The van der Waals surface area contributed by atoms with Gasteiger partial charge in [-0.1, -0.05) is 5.16 Å². The molecule has 1 fully saturated rings. The Morgan fingerprint density at radius 3 is 2.83 bits per heavy atom. The fourth-order valence-electron chi connectivity index (χ4n) is 3.23. The molecule has 1 unspecified atom stereocenters. The molecular weight excluding hydrogens is 310 g/mol. The van der Waals surface area contributed by atoms with Crippen LogP contribution in [0.15, 0.2) is 10.6 Å². The molecule has 0 saturated carbocycles. The van der Waals surface area contributed by atoms with Gasteiger partial charge in [0.05, 0.1) is 17.7 Å². The van der Waals surface area contributed by atoms with Gasteiger partial charge in [0, 0.05) is 18.8 Å². The van der Waals surface area contributed by atoms with E-state index in [1.54, 1.807) is 16.5 Å². The first-order valence-corrected chi connectivity index (χ1v) is 8.15. The van der Waals surface area contributed by atoms with Crippen molar-refractivity contribution < 1.29 is 14.4 Å². The maximum atomic E-state index is 12.6. The number of β-amino-alcohol motifs (C(OH)–C–C–N with tert-alkyl or cyclic N) is 1. The summed E-state index contributed by atoms with van der Waals surface area (Å²) in [6.45, 7) is 6.67. The van der Waals surface area contributed by atoms with Crippen molar-refractivity contribution in [1.29, 1.82) is 0 Å². The molecule has 0 aromatic carbocycles. The number of piperidine rings is 1. The summed E-state index contributed by atoms with van der Waals surface area (Å²) in [4.78, 5) is 18.4. The average Bonchev–Trinajstić information content (AvgIpc) is 3.04. The number of hydrogen-bond acceptors (Lipinski definition) is 6. The maximum absolute atomic E-state index is 12.6. The Morgan fingerprint density at radius 2 is 2.21 bits per heavy atom. The van der Waals surface area contributed by atoms with Crippen LogP contribution < -0.4 is 0 Å². The molecule has 1 atom stereocenters. The maximum Gasteiger partial charge on any atom is 0.244 e. The van der Waals surface area contributed by atoms with E-state index in [9.17, 15) is 9.90 Å². The van der Waals surface area contributed by atoms with Gasteiger partial charge in [0.2, 0.25) is 11.8 Å². The zero-order valence-corrected chi connectivity index (χ0v) is 14.3. The van der Waals surface area contributed by atoms with Crippen LogP contribution in [0, 0.1) is 20.8 Å². The van der Waals surface area contributed by atoms with Crippen molar-refractivity contribution in [1.82, 2.24) is 24.8 Å². The Balaban J connectivity index is 1.66. The lowest BCUT2D eigenvalue weighted by Gasteiger charge is -2.38. The SMILES string of the molecule is Cc1cc(C)n(CC(=O)N2CCCC(O)(Cc3nc(C)no3)C2)n1. The van der Waals surface area contributed by atoms with Crippen LogP contribution in [0.25, 0.3) is 0 Å². The van der Waals surface area contributed by atoms with Crippen molar-refractivity contribution in [3.05, 3.63) is 29.2 Å². The Morgan fingerprint density at radius 1 is 1.42 bits per heavy atom.